The normalized spacial score (nSPS) is 11.5. The summed E-state index contributed by atoms with van der Waals surface area (Å²) in [4.78, 5) is 4.31. The number of ether oxygens (including phenoxy) is 1. The van der Waals surface area contributed by atoms with Crippen LogP contribution in [0.15, 0.2) is 64.2 Å². The van der Waals surface area contributed by atoms with Gasteiger partial charge in [-0.2, -0.15) is 0 Å². The highest BCUT2D eigenvalue weighted by Gasteiger charge is 2.19. The first kappa shape index (κ1) is 18.0. The lowest BCUT2D eigenvalue weighted by Crippen LogP contribution is -2.14. The molecule has 0 fully saturated rings. The Morgan fingerprint density at radius 2 is 1.96 bits per heavy atom. The zero-order valence-corrected chi connectivity index (χ0v) is 15.6. The van der Waals surface area contributed by atoms with Crippen molar-refractivity contribution in [2.45, 2.75) is 24.7 Å². The summed E-state index contributed by atoms with van der Waals surface area (Å²) in [6, 6.07) is 11.9. The van der Waals surface area contributed by atoms with Crippen molar-refractivity contribution in [1.82, 2.24) is 4.98 Å². The molecule has 0 amide bonds. The largest absolute Gasteiger partial charge is 0.497 e. The van der Waals surface area contributed by atoms with Crippen LogP contribution >= 0.6 is 0 Å². The fourth-order valence-corrected chi connectivity index (χ4v) is 3.65. The zero-order chi connectivity index (χ0) is 18.7. The summed E-state index contributed by atoms with van der Waals surface area (Å²) in [5.41, 5.74) is 1.82. The zero-order valence-electron chi connectivity index (χ0n) is 14.8. The van der Waals surface area contributed by atoms with Gasteiger partial charge in [0.25, 0.3) is 10.0 Å². The summed E-state index contributed by atoms with van der Waals surface area (Å²) >= 11 is 0. The number of benzene rings is 2. The van der Waals surface area contributed by atoms with E-state index in [1.54, 1.807) is 36.4 Å². The topological polar surface area (TPSA) is 81.4 Å². The Kier molecular flexibility index (Phi) is 4.99. The number of rotatable bonds is 6. The number of nitrogens with one attached hydrogen (secondary N) is 1. The molecule has 2 aromatic carbocycles. The Morgan fingerprint density at radius 3 is 2.62 bits per heavy atom. The van der Waals surface area contributed by atoms with E-state index >= 15 is 0 Å². The van der Waals surface area contributed by atoms with E-state index in [2.05, 4.69) is 9.71 Å². The maximum absolute atomic E-state index is 12.9. The lowest BCUT2D eigenvalue weighted by Gasteiger charge is -2.13. The Balaban J connectivity index is 2.01. The van der Waals surface area contributed by atoms with Crippen LogP contribution in [0.2, 0.25) is 0 Å². The van der Waals surface area contributed by atoms with E-state index in [0.717, 1.165) is 5.56 Å². The molecule has 0 saturated heterocycles. The molecular formula is C19H20N2O4S. The summed E-state index contributed by atoms with van der Waals surface area (Å²) in [5.74, 6) is 1.11. The van der Waals surface area contributed by atoms with Crippen molar-refractivity contribution in [2.75, 3.05) is 11.8 Å². The first-order valence-electron chi connectivity index (χ1n) is 8.11. The molecule has 3 rings (SSSR count). The van der Waals surface area contributed by atoms with Crippen molar-refractivity contribution >= 4 is 15.7 Å². The van der Waals surface area contributed by atoms with Gasteiger partial charge in [-0.25, -0.2) is 13.4 Å². The molecule has 136 valence electrons. The van der Waals surface area contributed by atoms with E-state index in [0.29, 0.717) is 22.9 Å². The molecule has 1 heterocycles. The van der Waals surface area contributed by atoms with E-state index in [4.69, 9.17) is 9.15 Å². The molecule has 0 aliphatic carbocycles. The molecule has 6 nitrogen and oxygen atoms in total. The van der Waals surface area contributed by atoms with Gasteiger partial charge in [0, 0.05) is 0 Å². The second kappa shape index (κ2) is 7.21. The summed E-state index contributed by atoms with van der Waals surface area (Å²) in [6.07, 6.45) is 2.93. The van der Waals surface area contributed by atoms with Crippen molar-refractivity contribution in [3.05, 3.63) is 60.5 Å². The van der Waals surface area contributed by atoms with Gasteiger partial charge in [0.2, 0.25) is 5.89 Å². The maximum atomic E-state index is 12.9. The van der Waals surface area contributed by atoms with Crippen LogP contribution in [-0.2, 0) is 10.0 Å². The van der Waals surface area contributed by atoms with Gasteiger partial charge in [0.15, 0.2) is 0 Å². The van der Waals surface area contributed by atoms with E-state index < -0.39 is 10.0 Å². The lowest BCUT2D eigenvalue weighted by atomic mass is 10.0. The first-order valence-corrected chi connectivity index (χ1v) is 9.59. The number of hydrogen-bond donors (Lipinski definition) is 1. The standard InChI is InChI=1S/C19H20N2O4S/c1-13(2)14-5-4-6-16(11-14)26(22,23)21-18-8-7-15(24-3)12-17(18)19-20-9-10-25-19/h4-13,21H,1-3H3. The Labute approximate surface area is 152 Å². The molecule has 0 aliphatic heterocycles. The average Bonchev–Trinajstić information content (AvgIpc) is 3.16. The van der Waals surface area contributed by atoms with E-state index in [1.807, 2.05) is 19.9 Å². The third kappa shape index (κ3) is 3.72. The summed E-state index contributed by atoms with van der Waals surface area (Å²) in [6.45, 7) is 4.03. The van der Waals surface area contributed by atoms with Crippen molar-refractivity contribution < 1.29 is 17.6 Å². The first-order chi connectivity index (χ1) is 12.4. The fourth-order valence-electron chi connectivity index (χ4n) is 2.52. The van der Waals surface area contributed by atoms with Gasteiger partial charge in [0.05, 0.1) is 29.5 Å². The summed E-state index contributed by atoms with van der Waals surface area (Å²) in [5, 5.41) is 0. The number of oxazole rings is 1. The smallest absolute Gasteiger partial charge is 0.261 e. The van der Waals surface area contributed by atoms with Gasteiger partial charge >= 0.3 is 0 Å². The Hall–Kier alpha value is -2.80. The van der Waals surface area contributed by atoms with Gasteiger partial charge in [-0.3, -0.25) is 4.72 Å². The van der Waals surface area contributed by atoms with E-state index in [9.17, 15) is 8.42 Å². The highest BCUT2D eigenvalue weighted by molar-refractivity contribution is 7.92. The number of aromatic nitrogens is 1. The number of hydrogen-bond acceptors (Lipinski definition) is 5. The fraction of sp³-hybridized carbons (Fsp3) is 0.211. The molecule has 7 heteroatoms. The highest BCUT2D eigenvalue weighted by atomic mass is 32.2. The van der Waals surface area contributed by atoms with Crippen molar-refractivity contribution in [1.29, 1.82) is 0 Å². The van der Waals surface area contributed by atoms with Crippen LogP contribution in [0.3, 0.4) is 0 Å². The average molecular weight is 372 g/mol. The van der Waals surface area contributed by atoms with Crippen LogP contribution in [-0.4, -0.2) is 20.5 Å². The maximum Gasteiger partial charge on any atom is 0.261 e. The van der Waals surface area contributed by atoms with E-state index in [-0.39, 0.29) is 10.8 Å². The van der Waals surface area contributed by atoms with Crippen molar-refractivity contribution in [2.24, 2.45) is 0 Å². The van der Waals surface area contributed by atoms with Crippen LogP contribution in [0.5, 0.6) is 5.75 Å². The minimum Gasteiger partial charge on any atom is -0.497 e. The Bertz CT molecular complexity index is 996. The molecule has 0 spiro atoms. The number of nitrogens with zero attached hydrogens (tertiary/aromatic N) is 1. The second-order valence-electron chi connectivity index (χ2n) is 6.08. The van der Waals surface area contributed by atoms with Crippen LogP contribution in [0.1, 0.15) is 25.3 Å². The van der Waals surface area contributed by atoms with E-state index in [1.165, 1.54) is 19.6 Å². The molecule has 0 saturated carbocycles. The molecule has 0 atom stereocenters. The monoisotopic (exact) mass is 372 g/mol. The third-order valence-corrected chi connectivity index (χ3v) is 5.33. The number of anilines is 1. The van der Waals surface area contributed by atoms with Gasteiger partial charge in [-0.15, -0.1) is 0 Å². The molecule has 1 N–H and O–H groups in total. The SMILES string of the molecule is COc1ccc(NS(=O)(=O)c2cccc(C(C)C)c2)c(-c2ncco2)c1. The van der Waals surface area contributed by atoms with Gasteiger partial charge in [0.1, 0.15) is 12.0 Å². The summed E-state index contributed by atoms with van der Waals surface area (Å²) < 4.78 is 38.9. The number of methoxy groups -OCH3 is 1. The van der Waals surface area contributed by atoms with Gasteiger partial charge in [-0.1, -0.05) is 26.0 Å². The van der Waals surface area contributed by atoms with Crippen LogP contribution in [0.25, 0.3) is 11.5 Å². The number of sulfonamides is 1. The molecule has 3 aromatic rings. The second-order valence-corrected chi connectivity index (χ2v) is 7.76. The molecule has 0 radical (unpaired) electrons. The molecule has 0 bridgehead atoms. The van der Waals surface area contributed by atoms with Crippen LogP contribution in [0.4, 0.5) is 5.69 Å². The molecule has 1 aromatic heterocycles. The third-order valence-electron chi connectivity index (χ3n) is 3.97. The lowest BCUT2D eigenvalue weighted by molar-refractivity contribution is 0.415. The van der Waals surface area contributed by atoms with Crippen LogP contribution < -0.4 is 9.46 Å². The predicted octanol–water partition coefficient (Wildman–Crippen LogP) is 4.27. The molecular weight excluding hydrogens is 352 g/mol. The minimum atomic E-state index is -3.76. The minimum absolute atomic E-state index is 0.206. The predicted molar refractivity (Wildman–Crippen MR) is 99.8 cm³/mol. The van der Waals surface area contributed by atoms with Crippen LogP contribution in [0, 0.1) is 0 Å². The summed E-state index contributed by atoms with van der Waals surface area (Å²) in [7, 11) is -2.23. The van der Waals surface area contributed by atoms with Crippen molar-refractivity contribution in [3.8, 4) is 17.2 Å². The van der Waals surface area contributed by atoms with Gasteiger partial charge in [-0.05, 0) is 41.8 Å². The highest BCUT2D eigenvalue weighted by Crippen LogP contribution is 2.32. The van der Waals surface area contributed by atoms with Gasteiger partial charge < -0.3 is 9.15 Å². The molecule has 0 aliphatic rings. The molecule has 26 heavy (non-hydrogen) atoms. The quantitative estimate of drug-likeness (QED) is 0.699. The van der Waals surface area contributed by atoms with Crippen molar-refractivity contribution in [3.63, 3.8) is 0 Å². The molecule has 0 unspecified atom stereocenters. The Morgan fingerprint density at radius 1 is 1.15 bits per heavy atom.